The fraction of sp³-hybridized carbons (Fsp3) is 0.188. The van der Waals surface area contributed by atoms with Crippen LogP contribution in [0.15, 0.2) is 42.6 Å². The minimum absolute atomic E-state index is 0.436. The number of para-hydroxylation sites is 1. The van der Waals surface area contributed by atoms with Gasteiger partial charge in [0.15, 0.2) is 0 Å². The largest absolute Gasteiger partial charge is 0.366 e. The van der Waals surface area contributed by atoms with E-state index in [1.54, 1.807) is 6.07 Å². The Morgan fingerprint density at radius 3 is 2.68 bits per heavy atom. The number of benzene rings is 1. The van der Waals surface area contributed by atoms with Gasteiger partial charge in [0.1, 0.15) is 16.8 Å². The molecule has 0 saturated carbocycles. The smallest absolute Gasteiger partial charge is 0.134 e. The molecule has 0 aliphatic heterocycles. The Bertz CT molecular complexity index is 776. The van der Waals surface area contributed by atoms with Crippen LogP contribution in [0, 0.1) is 13.8 Å². The fourth-order valence-corrected chi connectivity index (χ4v) is 2.47. The van der Waals surface area contributed by atoms with E-state index in [1.807, 2.05) is 49.0 Å². The number of aromatic nitrogens is 4. The SMILES string of the molecule is Cc1ccn(-c2ccccc2CNc2cc(Cl)nc(C)n2)n1. The molecule has 0 aliphatic rings. The summed E-state index contributed by atoms with van der Waals surface area (Å²) in [6, 6.07) is 11.8. The van der Waals surface area contributed by atoms with Crippen molar-refractivity contribution in [1.82, 2.24) is 19.7 Å². The monoisotopic (exact) mass is 313 g/mol. The second-order valence-corrected chi connectivity index (χ2v) is 5.39. The molecule has 22 heavy (non-hydrogen) atoms. The highest BCUT2D eigenvalue weighted by molar-refractivity contribution is 6.29. The maximum absolute atomic E-state index is 5.96. The van der Waals surface area contributed by atoms with Crippen LogP contribution in [0.1, 0.15) is 17.1 Å². The maximum Gasteiger partial charge on any atom is 0.134 e. The molecule has 0 saturated heterocycles. The lowest BCUT2D eigenvalue weighted by Crippen LogP contribution is -2.07. The first kappa shape index (κ1) is 14.5. The van der Waals surface area contributed by atoms with Crippen molar-refractivity contribution in [3.05, 3.63) is 64.8 Å². The number of rotatable bonds is 4. The van der Waals surface area contributed by atoms with Crippen molar-refractivity contribution in [2.45, 2.75) is 20.4 Å². The Balaban J connectivity index is 1.84. The van der Waals surface area contributed by atoms with Gasteiger partial charge in [-0.2, -0.15) is 5.10 Å². The van der Waals surface area contributed by atoms with E-state index in [2.05, 4.69) is 26.4 Å². The molecule has 0 aliphatic carbocycles. The van der Waals surface area contributed by atoms with Crippen molar-refractivity contribution in [2.24, 2.45) is 0 Å². The Labute approximate surface area is 134 Å². The summed E-state index contributed by atoms with van der Waals surface area (Å²) in [7, 11) is 0. The van der Waals surface area contributed by atoms with Crippen molar-refractivity contribution in [2.75, 3.05) is 5.32 Å². The lowest BCUT2D eigenvalue weighted by molar-refractivity contribution is 0.847. The summed E-state index contributed by atoms with van der Waals surface area (Å²) in [6.07, 6.45) is 1.96. The standard InChI is InChI=1S/C16H16ClN5/c1-11-7-8-22(21-11)14-6-4-3-5-13(14)10-18-16-9-15(17)19-12(2)20-16/h3-9H,10H2,1-2H3,(H,18,19,20). The van der Waals surface area contributed by atoms with E-state index in [0.29, 0.717) is 23.3 Å². The molecular weight excluding hydrogens is 298 g/mol. The third-order valence-electron chi connectivity index (χ3n) is 3.23. The van der Waals surface area contributed by atoms with Crippen LogP contribution in [0.3, 0.4) is 0 Å². The predicted octanol–water partition coefficient (Wildman–Crippen LogP) is 3.54. The number of nitrogens with zero attached hydrogens (tertiary/aromatic N) is 4. The molecule has 0 amide bonds. The van der Waals surface area contributed by atoms with Gasteiger partial charge in [0.2, 0.25) is 0 Å². The summed E-state index contributed by atoms with van der Waals surface area (Å²) in [4.78, 5) is 8.38. The second-order valence-electron chi connectivity index (χ2n) is 5.01. The molecule has 2 heterocycles. The number of hydrogen-bond acceptors (Lipinski definition) is 4. The summed E-state index contributed by atoms with van der Waals surface area (Å²) < 4.78 is 1.88. The average molecular weight is 314 g/mol. The Morgan fingerprint density at radius 1 is 1.14 bits per heavy atom. The summed E-state index contributed by atoms with van der Waals surface area (Å²) in [5.41, 5.74) is 3.15. The van der Waals surface area contributed by atoms with Crippen LogP contribution in [0.4, 0.5) is 5.82 Å². The van der Waals surface area contributed by atoms with Crippen LogP contribution in [-0.4, -0.2) is 19.7 Å². The van der Waals surface area contributed by atoms with Gasteiger partial charge in [-0.1, -0.05) is 29.8 Å². The first-order valence-electron chi connectivity index (χ1n) is 6.97. The minimum atomic E-state index is 0.436. The van der Waals surface area contributed by atoms with Crippen molar-refractivity contribution >= 4 is 17.4 Å². The first-order chi connectivity index (χ1) is 10.6. The van der Waals surface area contributed by atoms with Crippen LogP contribution in [-0.2, 0) is 6.54 Å². The van der Waals surface area contributed by atoms with Gasteiger partial charge in [-0.15, -0.1) is 0 Å². The van der Waals surface area contributed by atoms with Crippen molar-refractivity contribution < 1.29 is 0 Å². The second kappa shape index (κ2) is 6.15. The van der Waals surface area contributed by atoms with Gasteiger partial charge in [0.05, 0.1) is 11.4 Å². The highest BCUT2D eigenvalue weighted by Crippen LogP contribution is 2.17. The van der Waals surface area contributed by atoms with Gasteiger partial charge >= 0.3 is 0 Å². The zero-order chi connectivity index (χ0) is 15.5. The molecule has 1 N–H and O–H groups in total. The molecule has 5 nitrogen and oxygen atoms in total. The molecule has 1 aromatic carbocycles. The molecule has 3 aromatic rings. The van der Waals surface area contributed by atoms with Crippen LogP contribution < -0.4 is 5.32 Å². The number of nitrogens with one attached hydrogen (secondary N) is 1. The highest BCUT2D eigenvalue weighted by Gasteiger charge is 2.06. The van der Waals surface area contributed by atoms with E-state index in [9.17, 15) is 0 Å². The molecule has 0 fully saturated rings. The van der Waals surface area contributed by atoms with Crippen LogP contribution in [0.2, 0.25) is 5.15 Å². The van der Waals surface area contributed by atoms with Crippen molar-refractivity contribution in [3.8, 4) is 5.69 Å². The van der Waals surface area contributed by atoms with Gasteiger partial charge in [-0.25, -0.2) is 14.6 Å². The molecule has 2 aromatic heterocycles. The van der Waals surface area contributed by atoms with E-state index in [0.717, 1.165) is 16.9 Å². The van der Waals surface area contributed by atoms with E-state index >= 15 is 0 Å². The summed E-state index contributed by atoms with van der Waals surface area (Å²) >= 11 is 5.96. The number of aryl methyl sites for hydroxylation is 2. The topological polar surface area (TPSA) is 55.6 Å². The zero-order valence-corrected chi connectivity index (χ0v) is 13.2. The van der Waals surface area contributed by atoms with Gasteiger partial charge in [0, 0.05) is 18.8 Å². The number of halogens is 1. The Kier molecular flexibility index (Phi) is 4.06. The lowest BCUT2D eigenvalue weighted by atomic mass is 10.2. The third-order valence-corrected chi connectivity index (χ3v) is 3.42. The van der Waals surface area contributed by atoms with Gasteiger partial charge < -0.3 is 5.32 Å². The predicted molar refractivity (Wildman–Crippen MR) is 87.4 cm³/mol. The number of hydrogen-bond donors (Lipinski definition) is 1. The normalized spacial score (nSPS) is 10.7. The summed E-state index contributed by atoms with van der Waals surface area (Å²) in [5.74, 6) is 1.36. The maximum atomic E-state index is 5.96. The molecule has 0 unspecified atom stereocenters. The van der Waals surface area contributed by atoms with Gasteiger partial charge in [-0.3, -0.25) is 0 Å². The van der Waals surface area contributed by atoms with Crippen LogP contribution in [0.5, 0.6) is 0 Å². The van der Waals surface area contributed by atoms with E-state index in [1.165, 1.54) is 0 Å². The zero-order valence-electron chi connectivity index (χ0n) is 12.4. The quantitative estimate of drug-likeness (QED) is 0.748. The van der Waals surface area contributed by atoms with E-state index in [4.69, 9.17) is 11.6 Å². The number of anilines is 1. The van der Waals surface area contributed by atoms with Gasteiger partial charge in [0.25, 0.3) is 0 Å². The first-order valence-corrected chi connectivity index (χ1v) is 7.35. The molecule has 0 radical (unpaired) electrons. The van der Waals surface area contributed by atoms with Crippen molar-refractivity contribution in [1.29, 1.82) is 0 Å². The molecular formula is C16H16ClN5. The van der Waals surface area contributed by atoms with E-state index in [-0.39, 0.29) is 0 Å². The molecule has 3 rings (SSSR count). The summed E-state index contributed by atoms with van der Waals surface area (Å²) in [6.45, 7) is 4.42. The minimum Gasteiger partial charge on any atom is -0.366 e. The molecule has 0 bridgehead atoms. The van der Waals surface area contributed by atoms with Crippen LogP contribution >= 0.6 is 11.6 Å². The molecule has 6 heteroatoms. The average Bonchev–Trinajstić information content (AvgIpc) is 2.91. The van der Waals surface area contributed by atoms with Crippen LogP contribution in [0.25, 0.3) is 5.69 Å². The Hall–Kier alpha value is -2.40. The Morgan fingerprint density at radius 2 is 1.95 bits per heavy atom. The van der Waals surface area contributed by atoms with E-state index < -0.39 is 0 Å². The van der Waals surface area contributed by atoms with Crippen molar-refractivity contribution in [3.63, 3.8) is 0 Å². The third kappa shape index (κ3) is 3.26. The highest BCUT2D eigenvalue weighted by atomic mass is 35.5. The lowest BCUT2D eigenvalue weighted by Gasteiger charge is -2.11. The molecule has 112 valence electrons. The van der Waals surface area contributed by atoms with Gasteiger partial charge in [-0.05, 0) is 31.5 Å². The fourth-order valence-electron chi connectivity index (χ4n) is 2.24. The molecule has 0 atom stereocenters. The summed E-state index contributed by atoms with van der Waals surface area (Å²) in [5, 5.41) is 8.19. The molecule has 0 spiro atoms.